The molecule has 0 radical (unpaired) electrons. The van der Waals surface area contributed by atoms with Crippen LogP contribution in [0.1, 0.15) is 29.2 Å². The summed E-state index contributed by atoms with van der Waals surface area (Å²) >= 11 is 3.12. The maximum atomic E-state index is 13.9. The van der Waals surface area contributed by atoms with E-state index < -0.39 is 17.9 Å². The van der Waals surface area contributed by atoms with Crippen LogP contribution in [0.3, 0.4) is 0 Å². The highest BCUT2D eigenvalue weighted by molar-refractivity contribution is 9.10. The Balaban J connectivity index is 2.29. The number of aromatic nitrogens is 2. The molecule has 3 rings (SSSR count). The summed E-state index contributed by atoms with van der Waals surface area (Å²) in [5, 5.41) is 20.6. The molecule has 1 aliphatic rings. The summed E-state index contributed by atoms with van der Waals surface area (Å²) in [5.74, 6) is -1.33. The quantitative estimate of drug-likeness (QED) is 0.612. The standard InChI is InChI=1S/C18H18BrFN4O4/c1-8(21)10(7-22-2)16(25)15-14(18(26)27)23-17-9-5-11(19)12(20)6-13(9)28-4-3-24(15)17/h5-7,16,25H,3-4,21H2,1-2H3,(H,26,27)/b10-8+,22-7?. The van der Waals surface area contributed by atoms with Crippen LogP contribution in [0.25, 0.3) is 11.4 Å². The van der Waals surface area contributed by atoms with Crippen molar-refractivity contribution in [2.45, 2.75) is 19.6 Å². The molecular formula is C18H18BrFN4O4. The number of carbonyl (C=O) groups is 1. The van der Waals surface area contributed by atoms with Crippen LogP contribution in [0.2, 0.25) is 0 Å². The predicted molar refractivity (Wildman–Crippen MR) is 104 cm³/mol. The van der Waals surface area contributed by atoms with Gasteiger partial charge in [0.15, 0.2) is 5.69 Å². The van der Waals surface area contributed by atoms with Crippen LogP contribution < -0.4 is 10.5 Å². The van der Waals surface area contributed by atoms with E-state index in [1.807, 2.05) is 0 Å². The van der Waals surface area contributed by atoms with Crippen molar-refractivity contribution in [1.82, 2.24) is 9.55 Å². The highest BCUT2D eigenvalue weighted by atomic mass is 79.9. The van der Waals surface area contributed by atoms with Crippen LogP contribution in [0.5, 0.6) is 5.75 Å². The second-order valence-corrected chi connectivity index (χ2v) is 7.02. The number of carboxylic acid groups (broad SMARTS) is 1. The molecule has 0 aliphatic carbocycles. The number of imidazole rings is 1. The van der Waals surface area contributed by atoms with Crippen LogP contribution in [0.15, 0.2) is 32.9 Å². The minimum Gasteiger partial charge on any atom is -0.491 e. The summed E-state index contributed by atoms with van der Waals surface area (Å²) in [6.45, 7) is 1.92. The molecule has 0 bridgehead atoms. The zero-order valence-corrected chi connectivity index (χ0v) is 16.7. The molecule has 0 saturated heterocycles. The van der Waals surface area contributed by atoms with Crippen molar-refractivity contribution >= 4 is 28.1 Å². The fourth-order valence-corrected chi connectivity index (χ4v) is 3.42. The van der Waals surface area contributed by atoms with Gasteiger partial charge in [0.05, 0.1) is 22.3 Å². The molecule has 0 spiro atoms. The summed E-state index contributed by atoms with van der Waals surface area (Å²) in [5.41, 5.74) is 6.55. The van der Waals surface area contributed by atoms with Gasteiger partial charge < -0.3 is 25.3 Å². The van der Waals surface area contributed by atoms with Gasteiger partial charge in [-0.3, -0.25) is 4.99 Å². The molecule has 0 amide bonds. The Bertz CT molecular complexity index is 1010. The lowest BCUT2D eigenvalue weighted by molar-refractivity contribution is 0.0684. The summed E-state index contributed by atoms with van der Waals surface area (Å²) in [6, 6.07) is 2.68. The summed E-state index contributed by atoms with van der Waals surface area (Å²) < 4.78 is 21.2. The van der Waals surface area contributed by atoms with Gasteiger partial charge in [-0.25, -0.2) is 14.2 Å². The van der Waals surface area contributed by atoms with E-state index >= 15 is 0 Å². The summed E-state index contributed by atoms with van der Waals surface area (Å²) in [4.78, 5) is 19.9. The number of carboxylic acids is 1. The lowest BCUT2D eigenvalue weighted by Gasteiger charge is -2.17. The Labute approximate surface area is 168 Å². The Morgan fingerprint density at radius 2 is 2.25 bits per heavy atom. The Kier molecular flexibility index (Phi) is 5.52. The van der Waals surface area contributed by atoms with Crippen molar-refractivity contribution in [2.24, 2.45) is 10.7 Å². The van der Waals surface area contributed by atoms with Crippen molar-refractivity contribution in [3.8, 4) is 17.1 Å². The molecular weight excluding hydrogens is 435 g/mol. The number of hydrogen-bond donors (Lipinski definition) is 3. The van der Waals surface area contributed by atoms with Gasteiger partial charge in [0.2, 0.25) is 0 Å². The lowest BCUT2D eigenvalue weighted by Crippen LogP contribution is -2.18. The SMILES string of the molecule is CN=C/C(=C(/C)N)C(O)c1c(C(=O)O)nc2n1CCOc1cc(F)c(Br)cc1-2. The van der Waals surface area contributed by atoms with Crippen LogP contribution in [-0.2, 0) is 6.54 Å². The Hall–Kier alpha value is -2.72. The van der Waals surface area contributed by atoms with Gasteiger partial charge in [-0.2, -0.15) is 0 Å². The van der Waals surface area contributed by atoms with Crippen molar-refractivity contribution in [2.75, 3.05) is 13.7 Å². The average Bonchev–Trinajstić information content (AvgIpc) is 2.93. The molecule has 0 saturated carbocycles. The fourth-order valence-electron chi connectivity index (χ4n) is 3.08. The van der Waals surface area contributed by atoms with E-state index in [0.29, 0.717) is 11.3 Å². The normalized spacial score (nSPS) is 15.3. The zero-order valence-electron chi connectivity index (χ0n) is 15.1. The van der Waals surface area contributed by atoms with E-state index in [-0.39, 0.29) is 46.2 Å². The van der Waals surface area contributed by atoms with Gasteiger partial charge in [0.1, 0.15) is 30.1 Å². The van der Waals surface area contributed by atoms with Gasteiger partial charge in [-0.15, -0.1) is 0 Å². The number of aliphatic hydroxyl groups is 1. The summed E-state index contributed by atoms with van der Waals surface area (Å²) in [7, 11) is 1.51. The molecule has 28 heavy (non-hydrogen) atoms. The van der Waals surface area contributed by atoms with Crippen molar-refractivity contribution < 1.29 is 24.1 Å². The number of benzene rings is 1. The molecule has 10 heteroatoms. The van der Waals surface area contributed by atoms with Gasteiger partial charge in [0, 0.05) is 30.6 Å². The van der Waals surface area contributed by atoms with Crippen LogP contribution in [-0.4, -0.2) is 45.6 Å². The number of fused-ring (bicyclic) bond motifs is 3. The van der Waals surface area contributed by atoms with E-state index in [0.717, 1.165) is 0 Å². The molecule has 1 aromatic carbocycles. The second-order valence-electron chi connectivity index (χ2n) is 6.17. The first-order chi connectivity index (χ1) is 13.3. The highest BCUT2D eigenvalue weighted by Gasteiger charge is 2.32. The Morgan fingerprint density at radius 1 is 1.54 bits per heavy atom. The van der Waals surface area contributed by atoms with E-state index in [1.165, 1.54) is 25.4 Å². The van der Waals surface area contributed by atoms with E-state index in [2.05, 4.69) is 25.9 Å². The third-order valence-corrected chi connectivity index (χ3v) is 4.93. The van der Waals surface area contributed by atoms with Gasteiger partial charge in [0.25, 0.3) is 0 Å². The van der Waals surface area contributed by atoms with Crippen LogP contribution >= 0.6 is 15.9 Å². The molecule has 1 aliphatic heterocycles. The topological polar surface area (TPSA) is 123 Å². The largest absolute Gasteiger partial charge is 0.491 e. The maximum absolute atomic E-state index is 13.9. The first-order valence-electron chi connectivity index (χ1n) is 8.28. The second kappa shape index (κ2) is 7.72. The number of aromatic carboxylic acids is 1. The maximum Gasteiger partial charge on any atom is 0.356 e. The summed E-state index contributed by atoms with van der Waals surface area (Å²) in [6.07, 6.45) is 0.00472. The van der Waals surface area contributed by atoms with Crippen molar-refractivity contribution in [3.63, 3.8) is 0 Å². The minimum atomic E-state index is -1.37. The first-order valence-corrected chi connectivity index (χ1v) is 9.08. The number of nitrogens with two attached hydrogens (primary N) is 1. The van der Waals surface area contributed by atoms with Crippen molar-refractivity contribution in [1.29, 1.82) is 0 Å². The predicted octanol–water partition coefficient (Wildman–Crippen LogP) is 2.51. The molecule has 2 heterocycles. The third-order valence-electron chi connectivity index (χ3n) is 4.32. The molecule has 8 nitrogen and oxygen atoms in total. The number of rotatable bonds is 4. The number of aliphatic imine (C=N–C) groups is 1. The zero-order chi connectivity index (χ0) is 20.6. The Morgan fingerprint density at radius 3 is 2.86 bits per heavy atom. The lowest BCUT2D eigenvalue weighted by atomic mass is 10.0. The number of nitrogens with zero attached hydrogens (tertiary/aromatic N) is 3. The van der Waals surface area contributed by atoms with Crippen molar-refractivity contribution in [3.05, 3.63) is 45.1 Å². The van der Waals surface area contributed by atoms with Crippen LogP contribution in [0, 0.1) is 5.82 Å². The molecule has 148 valence electrons. The minimum absolute atomic E-state index is 0.0547. The molecule has 0 fully saturated rings. The highest BCUT2D eigenvalue weighted by Crippen LogP contribution is 2.39. The number of ether oxygens (including phenoxy) is 1. The molecule has 1 atom stereocenters. The van der Waals surface area contributed by atoms with Gasteiger partial charge in [-0.1, -0.05) is 0 Å². The van der Waals surface area contributed by atoms with E-state index in [4.69, 9.17) is 10.5 Å². The molecule has 2 aromatic rings. The third kappa shape index (κ3) is 3.40. The number of halogens is 2. The fraction of sp³-hybridized carbons (Fsp3) is 0.278. The van der Waals surface area contributed by atoms with E-state index in [1.54, 1.807) is 11.5 Å². The number of hydrogen-bond acceptors (Lipinski definition) is 6. The smallest absolute Gasteiger partial charge is 0.356 e. The first kappa shape index (κ1) is 20.0. The van der Waals surface area contributed by atoms with Gasteiger partial charge in [-0.05, 0) is 28.9 Å². The molecule has 1 unspecified atom stereocenters. The van der Waals surface area contributed by atoms with Gasteiger partial charge >= 0.3 is 5.97 Å². The number of allylic oxidation sites excluding steroid dienone is 1. The monoisotopic (exact) mass is 452 g/mol. The van der Waals surface area contributed by atoms with Crippen LogP contribution in [0.4, 0.5) is 4.39 Å². The molecule has 1 aromatic heterocycles. The number of aliphatic hydroxyl groups excluding tert-OH is 1. The van der Waals surface area contributed by atoms with E-state index in [9.17, 15) is 19.4 Å². The average molecular weight is 453 g/mol. The molecule has 4 N–H and O–H groups in total.